The zero-order valence-electron chi connectivity index (χ0n) is 39.5. The highest BCUT2D eigenvalue weighted by Gasteiger charge is 2.25. The Morgan fingerprint density at radius 3 is 1.18 bits per heavy atom. The third-order valence-corrected chi connectivity index (χ3v) is 15.2. The lowest BCUT2D eigenvalue weighted by Crippen LogP contribution is -2.55. The molecule has 0 bridgehead atoms. The average Bonchev–Trinajstić information content (AvgIpc) is 3.85. The molecule has 15 heteroatoms. The topological polar surface area (TPSA) is 48.5 Å². The monoisotopic (exact) mass is 835 g/mol. The molecule has 11 rings (SSSR count). The van der Waals surface area contributed by atoms with Crippen LogP contribution in [0.2, 0.25) is 0 Å². The molecule has 5 nitrogen and oxygen atoms in total. The molecule has 0 amide bonds. The van der Waals surface area contributed by atoms with E-state index >= 15 is 0 Å². The normalized spacial score (nSPS) is 11.6. The maximum atomic E-state index is 5.53. The standard InChI is InChI=1S/C51H43B10N5/c52-39-37(40(53)44(57)47(60)43(39)56)49-62-50(38-41(54)45(58)48(61)46(59)42(38)55)64-51(63-49)66-34-18-10-8-16-29(34)32-22-35-31(23-36(32)66)28-15-7-9-17-33(28)65(35)26-19-20-27(24-11-3-1-4-12-24)30(21-26)25-13-5-2-6-14-25/h1-23H,52-61H2. The van der Waals surface area contributed by atoms with Crippen LogP contribution in [0.3, 0.4) is 0 Å². The van der Waals surface area contributed by atoms with Crippen LogP contribution in [0.25, 0.3) is 100 Å². The first-order valence-corrected chi connectivity index (χ1v) is 23.1. The van der Waals surface area contributed by atoms with Gasteiger partial charge in [0.1, 0.15) is 78.5 Å². The van der Waals surface area contributed by atoms with Gasteiger partial charge in [-0.15, -0.1) is 32.8 Å². The van der Waals surface area contributed by atoms with Crippen LogP contribution in [-0.2, 0) is 0 Å². The van der Waals surface area contributed by atoms with Gasteiger partial charge in [-0.1, -0.05) is 125 Å². The first kappa shape index (κ1) is 41.7. The molecule has 0 saturated carbocycles. The van der Waals surface area contributed by atoms with Crippen LogP contribution in [0.15, 0.2) is 140 Å². The highest BCUT2D eigenvalue weighted by atomic mass is 15.2. The summed E-state index contributed by atoms with van der Waals surface area (Å²) in [6.45, 7) is 0. The van der Waals surface area contributed by atoms with Crippen molar-refractivity contribution in [2.75, 3.05) is 0 Å². The van der Waals surface area contributed by atoms with Gasteiger partial charge in [0.2, 0.25) is 5.95 Å². The molecular formula is C51H43B10N5. The van der Waals surface area contributed by atoms with E-state index in [1.807, 2.05) is 0 Å². The van der Waals surface area contributed by atoms with Crippen LogP contribution in [-0.4, -0.2) is 103 Å². The van der Waals surface area contributed by atoms with Gasteiger partial charge >= 0.3 is 0 Å². The van der Waals surface area contributed by atoms with Crippen molar-refractivity contribution in [1.82, 2.24) is 24.1 Å². The molecule has 0 atom stereocenters. The van der Waals surface area contributed by atoms with Crippen molar-refractivity contribution in [3.05, 3.63) is 140 Å². The molecule has 8 aromatic carbocycles. The molecule has 0 aliphatic heterocycles. The molecule has 0 aliphatic rings. The van der Waals surface area contributed by atoms with Gasteiger partial charge < -0.3 is 4.57 Å². The van der Waals surface area contributed by atoms with Crippen molar-refractivity contribution in [2.45, 2.75) is 0 Å². The second kappa shape index (κ2) is 15.9. The van der Waals surface area contributed by atoms with Crippen LogP contribution in [0.1, 0.15) is 0 Å². The van der Waals surface area contributed by atoms with E-state index in [9.17, 15) is 0 Å². The van der Waals surface area contributed by atoms with E-state index in [2.05, 4.69) is 227 Å². The summed E-state index contributed by atoms with van der Waals surface area (Å²) in [6.07, 6.45) is 0. The lowest BCUT2D eigenvalue weighted by molar-refractivity contribution is 0.956. The predicted molar refractivity (Wildman–Crippen MR) is 312 cm³/mol. The molecular weight excluding hydrogens is 791 g/mol. The summed E-state index contributed by atoms with van der Waals surface area (Å²) in [7, 11) is 22.2. The number of nitrogens with zero attached hydrogens (tertiary/aromatic N) is 5. The van der Waals surface area contributed by atoms with Crippen molar-refractivity contribution in [3.8, 4) is 56.7 Å². The van der Waals surface area contributed by atoms with Crippen LogP contribution in [0.4, 0.5) is 0 Å². The first-order chi connectivity index (χ1) is 31.9. The summed E-state index contributed by atoms with van der Waals surface area (Å²) >= 11 is 0. The summed E-state index contributed by atoms with van der Waals surface area (Å²) in [5, 5.41) is 4.63. The van der Waals surface area contributed by atoms with Gasteiger partial charge in [0.25, 0.3) is 0 Å². The Hall–Kier alpha value is -6.98. The van der Waals surface area contributed by atoms with E-state index in [4.69, 9.17) is 15.0 Å². The Morgan fingerprint density at radius 1 is 0.303 bits per heavy atom. The Bertz CT molecular complexity index is 3690. The van der Waals surface area contributed by atoms with E-state index in [1.165, 1.54) is 82.3 Å². The largest absolute Gasteiger partial charge is 0.309 e. The maximum absolute atomic E-state index is 5.53. The number of benzene rings is 8. The smallest absolute Gasteiger partial charge is 0.238 e. The lowest BCUT2D eigenvalue weighted by Gasteiger charge is -2.22. The second-order valence-electron chi connectivity index (χ2n) is 18.3. The summed E-state index contributed by atoms with van der Waals surface area (Å²) in [5.74, 6) is 2.00. The van der Waals surface area contributed by atoms with Gasteiger partial charge in [0, 0.05) is 38.4 Å². The predicted octanol–water partition coefficient (Wildman–Crippen LogP) is -4.68. The summed E-state index contributed by atoms with van der Waals surface area (Å²) in [6, 6.07) is 50.6. The van der Waals surface area contributed by atoms with Gasteiger partial charge in [-0.05, 0) is 58.7 Å². The summed E-state index contributed by atoms with van der Waals surface area (Å²) < 4.78 is 4.72. The molecule has 0 spiro atoms. The van der Waals surface area contributed by atoms with E-state index in [-0.39, 0.29) is 0 Å². The van der Waals surface area contributed by atoms with Crippen molar-refractivity contribution < 1.29 is 0 Å². The molecule has 3 heterocycles. The number of aromatic nitrogens is 5. The summed E-state index contributed by atoms with van der Waals surface area (Å²) in [4.78, 5) is 16.5. The van der Waals surface area contributed by atoms with Gasteiger partial charge in [-0.2, -0.15) is 9.97 Å². The van der Waals surface area contributed by atoms with Crippen molar-refractivity contribution in [2.24, 2.45) is 0 Å². The Kier molecular flexibility index (Phi) is 10.0. The highest BCUT2D eigenvalue weighted by molar-refractivity contribution is 6.70. The second-order valence-corrected chi connectivity index (χ2v) is 18.3. The van der Waals surface area contributed by atoms with E-state index < -0.39 is 0 Å². The molecule has 0 N–H and O–H groups in total. The third kappa shape index (κ3) is 6.34. The van der Waals surface area contributed by atoms with E-state index in [1.54, 1.807) is 0 Å². The van der Waals surface area contributed by atoms with Gasteiger partial charge in [0.15, 0.2) is 11.6 Å². The van der Waals surface area contributed by atoms with Crippen LogP contribution >= 0.6 is 0 Å². The average molecular weight is 834 g/mol. The van der Waals surface area contributed by atoms with Crippen LogP contribution in [0.5, 0.6) is 0 Å². The van der Waals surface area contributed by atoms with E-state index in [0.717, 1.165) is 55.0 Å². The molecule has 302 valence electrons. The first-order valence-electron chi connectivity index (χ1n) is 23.1. The SMILES string of the molecule is Bc1c(B)c(B)c(-c2nc(-c3c(B)c(B)c(B)c(B)c3B)nc(-n3c4ccccc4c4cc5c(cc43)c3ccccc3n5-c3ccc(-c4ccccc4)c(-c4ccccc4)c3)n2)c(B)c1B. The van der Waals surface area contributed by atoms with Gasteiger partial charge in [0.05, 0.1) is 22.1 Å². The van der Waals surface area contributed by atoms with E-state index in [0.29, 0.717) is 17.6 Å². The fourth-order valence-corrected chi connectivity index (χ4v) is 10.7. The molecule has 66 heavy (non-hydrogen) atoms. The van der Waals surface area contributed by atoms with Crippen LogP contribution < -0.4 is 54.6 Å². The van der Waals surface area contributed by atoms with Gasteiger partial charge in [-0.25, -0.2) is 4.98 Å². The van der Waals surface area contributed by atoms with Crippen molar-refractivity contribution >= 4 is 177 Å². The zero-order valence-corrected chi connectivity index (χ0v) is 39.5. The lowest BCUT2D eigenvalue weighted by atomic mass is 9.60. The number of para-hydroxylation sites is 2. The Morgan fingerprint density at radius 2 is 0.697 bits per heavy atom. The number of rotatable bonds is 6. The molecule has 0 saturated heterocycles. The Balaban J connectivity index is 1.22. The zero-order chi connectivity index (χ0) is 45.7. The maximum Gasteiger partial charge on any atom is 0.238 e. The quantitative estimate of drug-likeness (QED) is 0.159. The molecule has 3 aromatic heterocycles. The molecule has 11 aromatic rings. The molecule has 0 aliphatic carbocycles. The minimum absolute atomic E-state index is 0.609. The fraction of sp³-hybridized carbons (Fsp3) is 0. The molecule has 0 fully saturated rings. The molecule has 0 unspecified atom stereocenters. The minimum atomic E-state index is 0.609. The highest BCUT2D eigenvalue weighted by Crippen LogP contribution is 2.41. The third-order valence-electron chi connectivity index (χ3n) is 15.2. The van der Waals surface area contributed by atoms with Crippen molar-refractivity contribution in [3.63, 3.8) is 0 Å². The Labute approximate surface area is 395 Å². The van der Waals surface area contributed by atoms with Crippen LogP contribution in [0, 0.1) is 0 Å². The number of fused-ring (bicyclic) bond motifs is 6. The summed E-state index contributed by atoms with van der Waals surface area (Å²) in [5.41, 5.74) is 25.0. The fourth-order valence-electron chi connectivity index (χ4n) is 10.7. The number of hydrogen-bond acceptors (Lipinski definition) is 3. The molecule has 0 radical (unpaired) electrons. The van der Waals surface area contributed by atoms with Gasteiger partial charge in [-0.3, -0.25) is 4.57 Å². The number of hydrogen-bond donors (Lipinski definition) is 0. The van der Waals surface area contributed by atoms with Crippen molar-refractivity contribution in [1.29, 1.82) is 0 Å². The minimum Gasteiger partial charge on any atom is -0.309 e.